The van der Waals surface area contributed by atoms with Gasteiger partial charge in [0.15, 0.2) is 24.6 Å². The summed E-state index contributed by atoms with van der Waals surface area (Å²) >= 11 is 1.98. The molecule has 0 aromatic rings. The molecule has 5 atom stereocenters. The Morgan fingerprint density at radius 2 is 1.38 bits per heavy atom. The summed E-state index contributed by atoms with van der Waals surface area (Å²) in [6.45, 7) is 3.50. The minimum absolute atomic E-state index is 0.372. The van der Waals surface area contributed by atoms with Crippen molar-refractivity contribution in [2.24, 2.45) is 0 Å². The number of alkyl halides is 1. The van der Waals surface area contributed by atoms with Gasteiger partial charge in [0, 0.05) is 25.2 Å². The molecule has 1 fully saturated rings. The first kappa shape index (κ1) is 18.1. The van der Waals surface area contributed by atoms with Crippen molar-refractivity contribution in [3.63, 3.8) is 0 Å². The van der Waals surface area contributed by atoms with Gasteiger partial charge in [0.2, 0.25) is 0 Å². The molecule has 1 aliphatic heterocycles. The Morgan fingerprint density at radius 1 is 0.952 bits per heavy atom. The second-order valence-corrected chi connectivity index (χ2v) is 5.32. The lowest BCUT2D eigenvalue weighted by molar-refractivity contribution is -0.286. The molecule has 1 heterocycles. The third-order valence-corrected chi connectivity index (χ3v) is 3.54. The summed E-state index contributed by atoms with van der Waals surface area (Å²) in [6, 6.07) is 0. The van der Waals surface area contributed by atoms with E-state index in [1.165, 1.54) is 6.92 Å². The molecule has 0 radical (unpaired) electrons. The van der Waals surface area contributed by atoms with E-state index in [1.807, 2.05) is 22.6 Å². The number of carbonyl (C=O) groups excluding carboxylic acids is 3. The Kier molecular flexibility index (Phi) is 6.81. The van der Waals surface area contributed by atoms with Crippen molar-refractivity contribution < 1.29 is 38.4 Å². The van der Waals surface area contributed by atoms with E-state index in [1.54, 1.807) is 0 Å². The van der Waals surface area contributed by atoms with Crippen LogP contribution < -0.4 is 0 Å². The predicted octanol–water partition coefficient (Wildman–Crippen LogP) is -0.0663. The number of esters is 3. The number of halogens is 1. The van der Waals surface area contributed by atoms with Gasteiger partial charge in [-0.05, 0) is 0 Å². The molecular formula is C12H17IO8. The highest BCUT2D eigenvalue weighted by atomic mass is 127. The van der Waals surface area contributed by atoms with Gasteiger partial charge in [0.1, 0.15) is 6.10 Å². The average molecular weight is 416 g/mol. The number of hydrogen-bond acceptors (Lipinski definition) is 8. The van der Waals surface area contributed by atoms with E-state index in [0.29, 0.717) is 4.43 Å². The van der Waals surface area contributed by atoms with Gasteiger partial charge in [-0.3, -0.25) is 14.4 Å². The van der Waals surface area contributed by atoms with Crippen LogP contribution in [0.3, 0.4) is 0 Å². The minimum atomic E-state index is -1.48. The van der Waals surface area contributed by atoms with Crippen molar-refractivity contribution in [3.05, 3.63) is 0 Å². The number of ether oxygens (including phenoxy) is 4. The highest BCUT2D eigenvalue weighted by Crippen LogP contribution is 2.28. The monoisotopic (exact) mass is 416 g/mol. The maximum atomic E-state index is 11.2. The van der Waals surface area contributed by atoms with Gasteiger partial charge >= 0.3 is 17.9 Å². The Bertz CT molecular complexity index is 412. The van der Waals surface area contributed by atoms with Crippen LogP contribution in [0.25, 0.3) is 0 Å². The second kappa shape index (κ2) is 7.90. The number of hydrogen-bond donors (Lipinski definition) is 1. The van der Waals surface area contributed by atoms with Crippen LogP contribution in [0.1, 0.15) is 20.8 Å². The van der Waals surface area contributed by atoms with Crippen LogP contribution in [-0.2, 0) is 33.3 Å². The van der Waals surface area contributed by atoms with Crippen LogP contribution in [-0.4, -0.2) is 58.1 Å². The Balaban J connectivity index is 3.08. The lowest BCUT2D eigenvalue weighted by atomic mass is 9.99. The quantitative estimate of drug-likeness (QED) is 0.294. The van der Waals surface area contributed by atoms with E-state index >= 15 is 0 Å². The normalized spacial score (nSPS) is 32.1. The summed E-state index contributed by atoms with van der Waals surface area (Å²) < 4.78 is 20.8. The largest absolute Gasteiger partial charge is 0.456 e. The van der Waals surface area contributed by atoms with E-state index in [9.17, 15) is 19.5 Å². The Morgan fingerprint density at radius 3 is 1.81 bits per heavy atom. The van der Waals surface area contributed by atoms with Crippen molar-refractivity contribution in [2.45, 2.75) is 51.5 Å². The summed E-state index contributed by atoms with van der Waals surface area (Å²) in [5.41, 5.74) is 0. The molecule has 0 amide bonds. The molecule has 0 spiro atoms. The first-order valence-electron chi connectivity index (χ1n) is 6.17. The van der Waals surface area contributed by atoms with Crippen LogP contribution in [0.5, 0.6) is 0 Å². The van der Waals surface area contributed by atoms with Crippen molar-refractivity contribution in [1.29, 1.82) is 0 Å². The van der Waals surface area contributed by atoms with Gasteiger partial charge < -0.3 is 24.1 Å². The molecule has 0 aromatic carbocycles. The highest BCUT2D eigenvalue weighted by molar-refractivity contribution is 14.1. The third-order valence-electron chi connectivity index (χ3n) is 2.67. The molecule has 1 saturated heterocycles. The summed E-state index contributed by atoms with van der Waals surface area (Å²) in [7, 11) is 0. The van der Waals surface area contributed by atoms with Crippen LogP contribution in [0.15, 0.2) is 0 Å². The van der Waals surface area contributed by atoms with Gasteiger partial charge in [-0.15, -0.1) is 0 Å². The first-order chi connectivity index (χ1) is 9.76. The third kappa shape index (κ3) is 5.08. The fourth-order valence-electron chi connectivity index (χ4n) is 2.00. The lowest BCUT2D eigenvalue weighted by Gasteiger charge is -2.42. The maximum absolute atomic E-state index is 11.2. The molecule has 1 N–H and O–H groups in total. The topological polar surface area (TPSA) is 108 Å². The van der Waals surface area contributed by atoms with Crippen LogP contribution in [0.4, 0.5) is 0 Å². The standard InChI is InChI=1S/C12H17IO8/c1-5(14)18-9-8(4-13)21-12(17)11(20-7(3)16)10(9)19-6(2)15/h8-12,17H,4H2,1-3H3/t8?,9-,10-,11+,12?/m1/s1. The van der Waals surface area contributed by atoms with E-state index in [4.69, 9.17) is 18.9 Å². The molecule has 120 valence electrons. The maximum Gasteiger partial charge on any atom is 0.303 e. The molecule has 1 rings (SSSR count). The predicted molar refractivity (Wildman–Crippen MR) is 76.4 cm³/mol. The second-order valence-electron chi connectivity index (χ2n) is 4.44. The van der Waals surface area contributed by atoms with E-state index in [0.717, 1.165) is 13.8 Å². The van der Waals surface area contributed by atoms with Gasteiger partial charge in [-0.1, -0.05) is 22.6 Å². The zero-order chi connectivity index (χ0) is 16.2. The summed E-state index contributed by atoms with van der Waals surface area (Å²) in [5.74, 6) is -1.95. The molecule has 0 saturated carbocycles. The number of carbonyl (C=O) groups is 3. The molecular weight excluding hydrogens is 399 g/mol. The Labute approximate surface area is 135 Å². The first-order valence-corrected chi connectivity index (χ1v) is 7.70. The van der Waals surface area contributed by atoms with Crippen molar-refractivity contribution >= 4 is 40.5 Å². The smallest absolute Gasteiger partial charge is 0.303 e. The molecule has 0 aliphatic carbocycles. The number of aliphatic hydroxyl groups is 1. The summed E-state index contributed by atoms with van der Waals surface area (Å²) in [4.78, 5) is 33.6. The minimum Gasteiger partial charge on any atom is -0.456 e. The zero-order valence-corrected chi connectivity index (χ0v) is 13.9. The Hall–Kier alpha value is -0.940. The molecule has 9 heteroatoms. The van der Waals surface area contributed by atoms with Gasteiger partial charge in [-0.2, -0.15) is 0 Å². The average Bonchev–Trinajstić information content (AvgIpc) is 2.35. The summed E-state index contributed by atoms with van der Waals surface area (Å²) in [5, 5.41) is 9.92. The van der Waals surface area contributed by atoms with Gasteiger partial charge in [0.25, 0.3) is 0 Å². The van der Waals surface area contributed by atoms with E-state index < -0.39 is 48.6 Å². The zero-order valence-electron chi connectivity index (χ0n) is 11.8. The van der Waals surface area contributed by atoms with Crippen LogP contribution in [0.2, 0.25) is 0 Å². The van der Waals surface area contributed by atoms with E-state index in [-0.39, 0.29) is 0 Å². The fraction of sp³-hybridized carbons (Fsp3) is 0.750. The highest BCUT2D eigenvalue weighted by Gasteiger charge is 2.50. The number of rotatable bonds is 4. The molecule has 2 unspecified atom stereocenters. The molecule has 8 nitrogen and oxygen atoms in total. The van der Waals surface area contributed by atoms with Crippen molar-refractivity contribution in [3.8, 4) is 0 Å². The molecule has 0 bridgehead atoms. The van der Waals surface area contributed by atoms with Crippen molar-refractivity contribution in [1.82, 2.24) is 0 Å². The molecule has 0 aromatic heterocycles. The van der Waals surface area contributed by atoms with Crippen molar-refractivity contribution in [2.75, 3.05) is 4.43 Å². The SMILES string of the molecule is CC(=O)O[C@H]1[C@H](OC(C)=O)C(O)OC(CI)[C@H]1OC(C)=O. The lowest BCUT2D eigenvalue weighted by Crippen LogP contribution is -2.61. The van der Waals surface area contributed by atoms with Crippen LogP contribution >= 0.6 is 22.6 Å². The van der Waals surface area contributed by atoms with Crippen LogP contribution in [0, 0.1) is 0 Å². The number of aliphatic hydroxyl groups excluding tert-OH is 1. The van der Waals surface area contributed by atoms with Gasteiger partial charge in [0.05, 0.1) is 0 Å². The fourth-order valence-corrected chi connectivity index (χ4v) is 2.70. The van der Waals surface area contributed by atoms with Gasteiger partial charge in [-0.25, -0.2) is 0 Å². The molecule has 21 heavy (non-hydrogen) atoms. The molecule has 1 aliphatic rings. The summed E-state index contributed by atoms with van der Waals surface area (Å²) in [6.07, 6.45) is -5.56. The van der Waals surface area contributed by atoms with E-state index in [2.05, 4.69) is 0 Å².